The molecule has 0 bridgehead atoms. The first-order chi connectivity index (χ1) is 17.2. The molecule has 1 saturated carbocycles. The minimum Gasteiger partial charge on any atom is -0.359 e. The normalized spacial score (nSPS) is 22.3. The predicted octanol–water partition coefficient (Wildman–Crippen LogP) is 4.16. The lowest BCUT2D eigenvalue weighted by Gasteiger charge is -2.49. The van der Waals surface area contributed by atoms with E-state index in [-0.39, 0.29) is 25.3 Å². The largest absolute Gasteiger partial charge is 0.359 e. The van der Waals surface area contributed by atoms with Crippen LogP contribution in [-0.4, -0.2) is 75.1 Å². The summed E-state index contributed by atoms with van der Waals surface area (Å²) < 4.78 is 24.4. The molecule has 1 saturated heterocycles. The number of aromatic nitrogens is 2. The van der Waals surface area contributed by atoms with Crippen molar-refractivity contribution >= 4 is 11.0 Å². The number of imidazole rings is 1. The van der Waals surface area contributed by atoms with E-state index < -0.39 is 5.41 Å². The van der Waals surface area contributed by atoms with Gasteiger partial charge in [0.05, 0.1) is 35.7 Å². The van der Waals surface area contributed by atoms with E-state index in [9.17, 15) is 4.79 Å². The smallest absolute Gasteiger partial charge is 0.326 e. The number of fused-ring (bicyclic) bond motifs is 1. The molecule has 1 N–H and O–H groups in total. The minimum atomic E-state index is -0.411. The summed E-state index contributed by atoms with van der Waals surface area (Å²) in [6.45, 7) is 4.20. The molecule has 196 valence electrons. The van der Waals surface area contributed by atoms with E-state index in [2.05, 4.69) is 9.88 Å². The average molecular weight is 490 g/mol. The molecule has 8 heteroatoms. The van der Waals surface area contributed by atoms with Crippen LogP contribution in [-0.2, 0) is 18.9 Å². The van der Waals surface area contributed by atoms with Crippen LogP contribution in [0.3, 0.4) is 0 Å². The maximum absolute atomic E-state index is 13.2. The third kappa shape index (κ3) is 6.54. The fourth-order valence-corrected chi connectivity index (χ4v) is 6.25. The molecule has 1 aliphatic carbocycles. The second-order valence-corrected chi connectivity index (χ2v) is 10.4. The first kappa shape index (κ1) is 26.4. The molecular weight excluding hydrogens is 446 g/mol. The number of rotatable bonds is 11. The molecule has 0 amide bonds. The number of hydrogen-bond donors (Lipinski definition) is 1. The van der Waals surface area contributed by atoms with Crippen molar-refractivity contribution in [2.45, 2.75) is 57.4 Å². The highest BCUT2D eigenvalue weighted by atomic mass is 16.7. The summed E-state index contributed by atoms with van der Waals surface area (Å²) in [4.78, 5) is 18.9. The topological polar surface area (TPSA) is 78.0 Å². The highest BCUT2D eigenvalue weighted by molar-refractivity contribution is 5.75. The van der Waals surface area contributed by atoms with Crippen LogP contribution in [0.1, 0.15) is 57.4 Å². The van der Waals surface area contributed by atoms with Gasteiger partial charge in [0.2, 0.25) is 0 Å². The van der Waals surface area contributed by atoms with Crippen LogP contribution < -0.4 is 5.69 Å². The van der Waals surface area contributed by atoms with Crippen molar-refractivity contribution in [3.8, 4) is 0 Å². The van der Waals surface area contributed by atoms with Gasteiger partial charge in [0.15, 0.2) is 0 Å². The molecule has 1 aliphatic heterocycles. The molecule has 2 heterocycles. The van der Waals surface area contributed by atoms with Gasteiger partial charge in [-0.2, -0.15) is 0 Å². The second kappa shape index (κ2) is 13.0. The lowest BCUT2D eigenvalue weighted by Crippen LogP contribution is -2.56. The number of nitrogens with zero attached hydrogens (tertiary/aromatic N) is 2. The number of piperidine rings is 1. The number of hydrogen-bond acceptors (Lipinski definition) is 6. The summed E-state index contributed by atoms with van der Waals surface area (Å²) >= 11 is 0. The summed E-state index contributed by atoms with van der Waals surface area (Å²) in [6.07, 6.45) is 10.3. The summed E-state index contributed by atoms with van der Waals surface area (Å²) in [7, 11) is 3.27. The molecule has 1 atom stereocenters. The van der Waals surface area contributed by atoms with Crippen LogP contribution in [0, 0.1) is 11.3 Å². The van der Waals surface area contributed by atoms with Gasteiger partial charge in [-0.3, -0.25) is 4.57 Å². The van der Waals surface area contributed by atoms with Gasteiger partial charge in [-0.05, 0) is 37.3 Å². The third-order valence-electron chi connectivity index (χ3n) is 7.82. The average Bonchev–Trinajstić information content (AvgIpc) is 3.17. The van der Waals surface area contributed by atoms with Crippen molar-refractivity contribution in [2.75, 3.05) is 60.7 Å². The number of likely N-dealkylation sites (tertiary alicyclic amines) is 1. The molecule has 0 spiro atoms. The van der Waals surface area contributed by atoms with Gasteiger partial charge in [0.1, 0.15) is 13.6 Å². The Hall–Kier alpha value is -1.71. The van der Waals surface area contributed by atoms with E-state index in [1.807, 2.05) is 28.8 Å². The van der Waals surface area contributed by atoms with Gasteiger partial charge in [-0.1, -0.05) is 44.2 Å². The Labute approximate surface area is 208 Å². The van der Waals surface area contributed by atoms with Crippen molar-refractivity contribution in [3.05, 3.63) is 34.7 Å². The first-order valence-electron chi connectivity index (χ1n) is 13.2. The maximum atomic E-state index is 13.2. The van der Waals surface area contributed by atoms with Crippen LogP contribution in [0.15, 0.2) is 29.1 Å². The molecule has 2 fully saturated rings. The Morgan fingerprint density at radius 1 is 0.943 bits per heavy atom. The van der Waals surface area contributed by atoms with Crippen molar-refractivity contribution < 1.29 is 18.9 Å². The van der Waals surface area contributed by atoms with Crippen LogP contribution in [0.2, 0.25) is 0 Å². The van der Waals surface area contributed by atoms with Crippen molar-refractivity contribution in [2.24, 2.45) is 11.3 Å². The molecule has 1 unspecified atom stereocenters. The molecule has 1 aromatic carbocycles. The number of para-hydroxylation sites is 2. The van der Waals surface area contributed by atoms with E-state index in [0.717, 1.165) is 43.0 Å². The molecule has 0 radical (unpaired) electrons. The fourth-order valence-electron chi connectivity index (χ4n) is 6.25. The Kier molecular flexibility index (Phi) is 9.80. The van der Waals surface area contributed by atoms with E-state index in [0.29, 0.717) is 13.2 Å². The number of nitrogens with one attached hydrogen (secondary N) is 1. The molecule has 4 rings (SSSR count). The number of H-pyrrole nitrogens is 1. The third-order valence-corrected chi connectivity index (χ3v) is 7.82. The number of benzene rings is 1. The zero-order valence-corrected chi connectivity index (χ0v) is 21.5. The summed E-state index contributed by atoms with van der Waals surface area (Å²) in [5.74, 6) is 0.736. The zero-order chi connectivity index (χ0) is 24.5. The van der Waals surface area contributed by atoms with Crippen LogP contribution in [0.25, 0.3) is 11.0 Å². The quantitative estimate of drug-likeness (QED) is 0.377. The van der Waals surface area contributed by atoms with Crippen LogP contribution in [0.4, 0.5) is 0 Å². The molecule has 2 aliphatic rings. The number of ether oxygens (including phenoxy) is 4. The molecule has 8 nitrogen and oxygen atoms in total. The Balaban J connectivity index is 1.63. The van der Waals surface area contributed by atoms with E-state index in [1.165, 1.54) is 44.9 Å². The van der Waals surface area contributed by atoms with Gasteiger partial charge in [0.25, 0.3) is 0 Å². The van der Waals surface area contributed by atoms with Crippen molar-refractivity contribution in [1.82, 2.24) is 14.5 Å². The van der Waals surface area contributed by atoms with E-state index in [1.54, 1.807) is 14.2 Å². The van der Waals surface area contributed by atoms with Gasteiger partial charge < -0.3 is 28.8 Å². The standard InChI is InChI=1S/C27H43N3O5/c1-32-20-34-18-27(19-35-21-33-2)17-29(16-22-10-6-4-3-5-7-11-22)15-14-25(27)30-24-13-9-8-12-23(24)28-26(30)31/h8-9,12-13,22,25H,3-7,10-11,14-21H2,1-2H3,(H,28,31). The molecular formula is C27H43N3O5. The Morgan fingerprint density at radius 2 is 1.60 bits per heavy atom. The molecule has 1 aromatic heterocycles. The van der Waals surface area contributed by atoms with Gasteiger partial charge in [0, 0.05) is 33.9 Å². The number of methoxy groups -OCH3 is 2. The van der Waals surface area contributed by atoms with Crippen LogP contribution >= 0.6 is 0 Å². The summed E-state index contributed by atoms with van der Waals surface area (Å²) in [5, 5.41) is 0. The lowest BCUT2D eigenvalue weighted by atomic mass is 9.75. The Morgan fingerprint density at radius 3 is 2.29 bits per heavy atom. The SMILES string of the molecule is COCOCC1(COCOC)CN(CC2CCCCCCC2)CCC1n1c(=O)[nH]c2ccccc21. The van der Waals surface area contributed by atoms with Crippen molar-refractivity contribution in [3.63, 3.8) is 0 Å². The van der Waals surface area contributed by atoms with Gasteiger partial charge >= 0.3 is 5.69 Å². The van der Waals surface area contributed by atoms with Crippen LogP contribution in [0.5, 0.6) is 0 Å². The monoisotopic (exact) mass is 489 g/mol. The first-order valence-corrected chi connectivity index (χ1v) is 13.2. The maximum Gasteiger partial charge on any atom is 0.326 e. The van der Waals surface area contributed by atoms with Gasteiger partial charge in [-0.15, -0.1) is 0 Å². The molecule has 35 heavy (non-hydrogen) atoms. The van der Waals surface area contributed by atoms with E-state index >= 15 is 0 Å². The summed E-state index contributed by atoms with van der Waals surface area (Å²) in [5.41, 5.74) is 1.30. The summed E-state index contributed by atoms with van der Waals surface area (Å²) in [6, 6.07) is 7.86. The van der Waals surface area contributed by atoms with Gasteiger partial charge in [-0.25, -0.2) is 4.79 Å². The lowest BCUT2D eigenvalue weighted by molar-refractivity contribution is -0.143. The second-order valence-electron chi connectivity index (χ2n) is 10.4. The highest BCUT2D eigenvalue weighted by Gasteiger charge is 2.46. The highest BCUT2D eigenvalue weighted by Crippen LogP contribution is 2.41. The fraction of sp³-hybridized carbons (Fsp3) is 0.741. The number of aromatic amines is 1. The molecule has 2 aromatic rings. The van der Waals surface area contributed by atoms with E-state index in [4.69, 9.17) is 18.9 Å². The minimum absolute atomic E-state index is 0.0616. The predicted molar refractivity (Wildman–Crippen MR) is 137 cm³/mol. The zero-order valence-electron chi connectivity index (χ0n) is 21.5. The van der Waals surface area contributed by atoms with Crippen molar-refractivity contribution in [1.29, 1.82) is 0 Å². The Bertz CT molecular complexity index is 940.